The molecule has 0 aromatic heterocycles. The average Bonchev–Trinajstić information content (AvgIpc) is 2.45. The summed E-state index contributed by atoms with van der Waals surface area (Å²) < 4.78 is 0. The summed E-state index contributed by atoms with van der Waals surface area (Å²) in [6, 6.07) is 16.2. The first-order valence-electron chi connectivity index (χ1n) is 6.38. The van der Waals surface area contributed by atoms with Gasteiger partial charge in [0.25, 0.3) is 0 Å². The second kappa shape index (κ2) is 7.08. The van der Waals surface area contributed by atoms with Crippen molar-refractivity contribution in [3.63, 3.8) is 0 Å². The molecule has 0 saturated carbocycles. The molecule has 0 aliphatic carbocycles. The number of benzene rings is 2. The first-order valence-corrected chi connectivity index (χ1v) is 6.76. The molecule has 2 rings (SSSR count). The van der Waals surface area contributed by atoms with Gasteiger partial charge in [0.2, 0.25) is 5.91 Å². The zero-order chi connectivity index (χ0) is 14.4. The fraction of sp³-hybridized carbons (Fsp3) is 0.188. The van der Waals surface area contributed by atoms with Crippen molar-refractivity contribution in [2.24, 2.45) is 0 Å². The lowest BCUT2D eigenvalue weighted by Crippen LogP contribution is -2.31. The number of aliphatic hydroxyl groups excluding tert-OH is 1. The lowest BCUT2D eigenvalue weighted by atomic mass is 10.1. The van der Waals surface area contributed by atoms with Crippen molar-refractivity contribution < 1.29 is 9.90 Å². The van der Waals surface area contributed by atoms with Crippen LogP contribution in [0.3, 0.4) is 0 Å². The number of amides is 1. The normalized spacial score (nSPS) is 11.9. The summed E-state index contributed by atoms with van der Waals surface area (Å²) in [6.07, 6.45) is 0.240. The molecular formula is C16H16ClNO2. The second-order valence-electron chi connectivity index (χ2n) is 4.52. The monoisotopic (exact) mass is 289 g/mol. The second-order valence-corrected chi connectivity index (χ2v) is 4.96. The van der Waals surface area contributed by atoms with Gasteiger partial charge in [0, 0.05) is 5.02 Å². The van der Waals surface area contributed by atoms with Crippen LogP contribution in [-0.2, 0) is 11.2 Å². The predicted molar refractivity (Wildman–Crippen MR) is 79.6 cm³/mol. The van der Waals surface area contributed by atoms with Crippen molar-refractivity contribution >= 4 is 17.5 Å². The summed E-state index contributed by atoms with van der Waals surface area (Å²) >= 11 is 5.89. The van der Waals surface area contributed by atoms with Gasteiger partial charge in [0.05, 0.1) is 19.1 Å². The number of carbonyl (C=O) groups is 1. The van der Waals surface area contributed by atoms with Crippen molar-refractivity contribution in [2.45, 2.75) is 12.5 Å². The highest BCUT2D eigenvalue weighted by Gasteiger charge is 2.13. The molecule has 1 atom stereocenters. The number of carbonyl (C=O) groups excluding carboxylic acids is 1. The minimum Gasteiger partial charge on any atom is -0.394 e. The van der Waals surface area contributed by atoms with Crippen molar-refractivity contribution in [3.05, 3.63) is 70.7 Å². The summed E-state index contributed by atoms with van der Waals surface area (Å²) in [7, 11) is 0. The zero-order valence-corrected chi connectivity index (χ0v) is 11.7. The molecule has 0 aliphatic heterocycles. The Morgan fingerprint density at radius 1 is 1.15 bits per heavy atom. The Labute approximate surface area is 123 Å². The predicted octanol–water partition coefficient (Wildman–Crippen LogP) is 2.73. The zero-order valence-electron chi connectivity index (χ0n) is 10.9. The molecule has 0 bridgehead atoms. The summed E-state index contributed by atoms with van der Waals surface area (Å²) in [5.74, 6) is -0.143. The first-order chi connectivity index (χ1) is 9.69. The summed E-state index contributed by atoms with van der Waals surface area (Å²) in [4.78, 5) is 12.0. The molecule has 0 spiro atoms. The van der Waals surface area contributed by atoms with Crippen LogP contribution in [0.4, 0.5) is 0 Å². The number of halogens is 1. The Morgan fingerprint density at radius 2 is 1.90 bits per heavy atom. The third-order valence-electron chi connectivity index (χ3n) is 2.97. The van der Waals surface area contributed by atoms with Crippen LogP contribution in [0.5, 0.6) is 0 Å². The van der Waals surface area contributed by atoms with Crippen LogP contribution in [0, 0.1) is 0 Å². The van der Waals surface area contributed by atoms with Gasteiger partial charge in [0.1, 0.15) is 0 Å². The Bertz CT molecular complexity index is 572. The van der Waals surface area contributed by atoms with E-state index in [1.807, 2.05) is 42.5 Å². The quantitative estimate of drug-likeness (QED) is 0.889. The van der Waals surface area contributed by atoms with Crippen LogP contribution in [0.2, 0.25) is 5.02 Å². The van der Waals surface area contributed by atoms with E-state index in [9.17, 15) is 9.90 Å². The van der Waals surface area contributed by atoms with E-state index in [4.69, 9.17) is 11.6 Å². The molecule has 0 heterocycles. The molecule has 3 nitrogen and oxygen atoms in total. The molecule has 4 heteroatoms. The van der Waals surface area contributed by atoms with E-state index in [1.54, 1.807) is 12.1 Å². The van der Waals surface area contributed by atoms with Crippen LogP contribution >= 0.6 is 11.6 Å². The van der Waals surface area contributed by atoms with Crippen LogP contribution in [-0.4, -0.2) is 17.6 Å². The molecule has 0 unspecified atom stereocenters. The Kier molecular flexibility index (Phi) is 5.16. The van der Waals surface area contributed by atoms with E-state index < -0.39 is 0 Å². The maximum atomic E-state index is 12.0. The van der Waals surface area contributed by atoms with Crippen molar-refractivity contribution in [2.75, 3.05) is 6.61 Å². The average molecular weight is 290 g/mol. The molecular weight excluding hydrogens is 274 g/mol. The van der Waals surface area contributed by atoms with Gasteiger partial charge >= 0.3 is 0 Å². The van der Waals surface area contributed by atoms with Gasteiger partial charge in [-0.1, -0.05) is 54.1 Å². The van der Waals surface area contributed by atoms with E-state index in [0.717, 1.165) is 11.1 Å². The van der Waals surface area contributed by atoms with E-state index >= 15 is 0 Å². The number of aliphatic hydroxyl groups is 1. The highest BCUT2D eigenvalue weighted by molar-refractivity contribution is 6.30. The van der Waals surface area contributed by atoms with Crippen LogP contribution in [0.15, 0.2) is 54.6 Å². The number of hydrogen-bond donors (Lipinski definition) is 2. The largest absolute Gasteiger partial charge is 0.394 e. The molecule has 1 amide bonds. The first kappa shape index (κ1) is 14.6. The summed E-state index contributed by atoms with van der Waals surface area (Å²) in [6.45, 7) is -0.134. The van der Waals surface area contributed by atoms with Crippen LogP contribution < -0.4 is 5.32 Å². The van der Waals surface area contributed by atoms with Gasteiger partial charge in [-0.25, -0.2) is 0 Å². The van der Waals surface area contributed by atoms with Gasteiger partial charge in [-0.15, -0.1) is 0 Å². The lowest BCUT2D eigenvalue weighted by molar-refractivity contribution is -0.121. The fourth-order valence-corrected chi connectivity index (χ4v) is 2.21. The highest BCUT2D eigenvalue weighted by Crippen LogP contribution is 2.14. The molecule has 0 aliphatic rings. The Hall–Kier alpha value is -1.84. The molecule has 0 fully saturated rings. The minimum atomic E-state index is -0.386. The molecule has 20 heavy (non-hydrogen) atoms. The van der Waals surface area contributed by atoms with E-state index in [0.29, 0.717) is 5.02 Å². The lowest BCUT2D eigenvalue weighted by Gasteiger charge is -2.16. The summed E-state index contributed by atoms with van der Waals surface area (Å²) in [5.41, 5.74) is 1.73. The standard InChI is InChI=1S/C16H16ClNO2/c17-14-8-4-5-12(9-14)10-16(20)18-15(11-19)13-6-2-1-3-7-13/h1-9,15,19H,10-11H2,(H,18,20)/t15-/m1/s1. The van der Waals surface area contributed by atoms with Gasteiger partial charge in [-0.3, -0.25) is 4.79 Å². The topological polar surface area (TPSA) is 49.3 Å². The maximum absolute atomic E-state index is 12.0. The summed E-state index contributed by atoms with van der Waals surface area (Å²) in [5, 5.41) is 12.8. The van der Waals surface area contributed by atoms with Crippen molar-refractivity contribution in [3.8, 4) is 0 Å². The van der Waals surface area contributed by atoms with Gasteiger partial charge in [-0.05, 0) is 23.3 Å². The van der Waals surface area contributed by atoms with Gasteiger partial charge < -0.3 is 10.4 Å². The van der Waals surface area contributed by atoms with Gasteiger partial charge in [-0.2, -0.15) is 0 Å². The fourth-order valence-electron chi connectivity index (χ4n) is 2.00. The number of rotatable bonds is 5. The molecule has 0 radical (unpaired) electrons. The van der Waals surface area contributed by atoms with E-state index in [2.05, 4.69) is 5.32 Å². The third kappa shape index (κ3) is 4.08. The van der Waals surface area contributed by atoms with E-state index in [1.165, 1.54) is 0 Å². The molecule has 104 valence electrons. The Morgan fingerprint density at radius 3 is 2.55 bits per heavy atom. The minimum absolute atomic E-state index is 0.134. The van der Waals surface area contributed by atoms with E-state index in [-0.39, 0.29) is 25.0 Å². The molecule has 2 N–H and O–H groups in total. The van der Waals surface area contributed by atoms with Crippen LogP contribution in [0.25, 0.3) is 0 Å². The Balaban J connectivity index is 2.00. The van der Waals surface area contributed by atoms with Crippen molar-refractivity contribution in [1.29, 1.82) is 0 Å². The third-order valence-corrected chi connectivity index (χ3v) is 3.21. The highest BCUT2D eigenvalue weighted by atomic mass is 35.5. The molecule has 2 aromatic rings. The van der Waals surface area contributed by atoms with Crippen LogP contribution in [0.1, 0.15) is 17.2 Å². The smallest absolute Gasteiger partial charge is 0.224 e. The molecule has 0 saturated heterocycles. The molecule has 2 aromatic carbocycles. The number of hydrogen-bond acceptors (Lipinski definition) is 2. The number of nitrogens with one attached hydrogen (secondary N) is 1. The SMILES string of the molecule is O=C(Cc1cccc(Cl)c1)N[C@H](CO)c1ccccc1. The van der Waals surface area contributed by atoms with Crippen molar-refractivity contribution in [1.82, 2.24) is 5.32 Å². The maximum Gasteiger partial charge on any atom is 0.224 e. The van der Waals surface area contributed by atoms with Gasteiger partial charge in [0.15, 0.2) is 0 Å².